The van der Waals surface area contributed by atoms with Crippen LogP contribution in [0.2, 0.25) is 10.0 Å². The molecule has 1 N–H and O–H groups in total. The number of rotatable bonds is 11. The van der Waals surface area contributed by atoms with Crippen molar-refractivity contribution in [2.45, 2.75) is 26.8 Å². The van der Waals surface area contributed by atoms with Gasteiger partial charge in [-0.05, 0) is 20.8 Å². The smallest absolute Gasteiger partial charge is 0.258 e. The van der Waals surface area contributed by atoms with Gasteiger partial charge in [0.2, 0.25) is 6.04 Å². The zero-order chi connectivity index (χ0) is 24.5. The van der Waals surface area contributed by atoms with E-state index in [4.69, 9.17) is 42.1 Å². The monoisotopic (exact) mass is 497 g/mol. The predicted octanol–water partition coefficient (Wildman–Crippen LogP) is 5.49. The molecule has 9 nitrogen and oxygen atoms in total. The molecule has 1 atom stereocenters. The van der Waals surface area contributed by atoms with Crippen molar-refractivity contribution >= 4 is 46.3 Å². The molecule has 0 bridgehead atoms. The van der Waals surface area contributed by atoms with Crippen LogP contribution in [0.4, 0.5) is 11.4 Å². The lowest BCUT2D eigenvalue weighted by Gasteiger charge is -2.16. The lowest BCUT2D eigenvalue weighted by Crippen LogP contribution is -2.32. The zero-order valence-electron chi connectivity index (χ0n) is 18.9. The summed E-state index contributed by atoms with van der Waals surface area (Å²) in [5, 5.41) is 11.1. The van der Waals surface area contributed by atoms with Gasteiger partial charge in [0.05, 0.1) is 38.1 Å². The number of benzene rings is 2. The third-order valence-electron chi connectivity index (χ3n) is 4.24. The highest BCUT2D eigenvalue weighted by atomic mass is 35.5. The van der Waals surface area contributed by atoms with Gasteiger partial charge in [-0.15, -0.1) is 5.11 Å². The summed E-state index contributed by atoms with van der Waals surface area (Å²) in [5.41, 5.74) is 0.415. The number of nitrogens with zero attached hydrogens (tertiary/aromatic N) is 2. The Balaban J connectivity index is 2.36. The Hall–Kier alpha value is -3.04. The Labute approximate surface area is 202 Å². The van der Waals surface area contributed by atoms with Crippen LogP contribution in [0, 0.1) is 0 Å². The van der Waals surface area contributed by atoms with Gasteiger partial charge in [-0.3, -0.25) is 9.59 Å². The van der Waals surface area contributed by atoms with E-state index in [2.05, 4.69) is 15.5 Å². The van der Waals surface area contributed by atoms with E-state index in [1.54, 1.807) is 0 Å². The lowest BCUT2D eigenvalue weighted by molar-refractivity contribution is -0.126. The molecule has 0 heterocycles. The highest BCUT2D eigenvalue weighted by molar-refractivity contribution is 6.34. The Bertz CT molecular complexity index is 1020. The third kappa shape index (κ3) is 6.72. The summed E-state index contributed by atoms with van der Waals surface area (Å²) in [6.45, 7) is 5.65. The van der Waals surface area contributed by atoms with E-state index in [9.17, 15) is 9.59 Å². The van der Waals surface area contributed by atoms with Gasteiger partial charge >= 0.3 is 0 Å². The summed E-state index contributed by atoms with van der Waals surface area (Å²) < 4.78 is 21.6. The predicted molar refractivity (Wildman–Crippen MR) is 126 cm³/mol. The number of nitrogens with one attached hydrogen (secondary N) is 1. The molecule has 1 amide bonds. The summed E-state index contributed by atoms with van der Waals surface area (Å²) in [5.74, 6) is 0.105. The first kappa shape index (κ1) is 26.2. The number of hydrogen-bond acceptors (Lipinski definition) is 8. The molecule has 0 saturated heterocycles. The van der Waals surface area contributed by atoms with Gasteiger partial charge in [0.15, 0.2) is 34.5 Å². The van der Waals surface area contributed by atoms with E-state index in [-0.39, 0.29) is 27.9 Å². The number of carbonyl (C=O) groups excluding carboxylic acids is 2. The molecule has 178 valence electrons. The summed E-state index contributed by atoms with van der Waals surface area (Å²) in [6.07, 6.45) is 0. The van der Waals surface area contributed by atoms with E-state index in [0.717, 1.165) is 0 Å². The molecule has 2 rings (SSSR count). The number of methoxy groups -OCH3 is 2. The second-order valence-corrected chi connectivity index (χ2v) is 7.37. The number of carbonyl (C=O) groups is 2. The van der Waals surface area contributed by atoms with E-state index >= 15 is 0 Å². The SMILES string of the molecule is CCOc1cc(Cl)c(NC(=O)C(N=Nc2c(OC)cc(Cl)cc2OC)C(C)=O)cc1OCC. The molecule has 1 unspecified atom stereocenters. The molecule has 0 spiro atoms. The molecule has 0 radical (unpaired) electrons. The normalized spacial score (nSPS) is 11.7. The summed E-state index contributed by atoms with van der Waals surface area (Å²) in [6, 6.07) is 4.62. The van der Waals surface area contributed by atoms with E-state index < -0.39 is 17.7 Å². The molecule has 0 aliphatic carbocycles. The Morgan fingerprint density at radius 2 is 1.48 bits per heavy atom. The fourth-order valence-corrected chi connectivity index (χ4v) is 3.16. The van der Waals surface area contributed by atoms with Crippen molar-refractivity contribution in [2.24, 2.45) is 10.2 Å². The number of azo groups is 1. The maximum atomic E-state index is 12.9. The van der Waals surface area contributed by atoms with Gasteiger partial charge in [0.25, 0.3) is 5.91 Å². The number of hydrogen-bond donors (Lipinski definition) is 1. The highest BCUT2D eigenvalue weighted by Gasteiger charge is 2.25. The van der Waals surface area contributed by atoms with E-state index in [1.807, 2.05) is 13.8 Å². The zero-order valence-corrected chi connectivity index (χ0v) is 20.4. The van der Waals surface area contributed by atoms with Crippen molar-refractivity contribution < 1.29 is 28.5 Å². The van der Waals surface area contributed by atoms with Crippen molar-refractivity contribution in [1.82, 2.24) is 0 Å². The first-order valence-electron chi connectivity index (χ1n) is 9.98. The van der Waals surface area contributed by atoms with Crippen LogP contribution in [0.3, 0.4) is 0 Å². The number of ketones is 1. The molecule has 0 aliphatic heterocycles. The summed E-state index contributed by atoms with van der Waals surface area (Å²) in [4.78, 5) is 25.0. The average Bonchev–Trinajstić information content (AvgIpc) is 2.77. The van der Waals surface area contributed by atoms with E-state index in [1.165, 1.54) is 45.4 Å². The second kappa shape index (κ2) is 12.3. The molecule has 0 aliphatic rings. The van der Waals surface area contributed by atoms with Crippen molar-refractivity contribution in [3.05, 3.63) is 34.3 Å². The molecule has 0 fully saturated rings. The number of anilines is 1. The Morgan fingerprint density at radius 1 is 0.939 bits per heavy atom. The molecule has 33 heavy (non-hydrogen) atoms. The minimum absolute atomic E-state index is 0.182. The molecule has 0 aromatic heterocycles. The van der Waals surface area contributed by atoms with Crippen LogP contribution in [-0.2, 0) is 9.59 Å². The average molecular weight is 498 g/mol. The second-order valence-electron chi connectivity index (χ2n) is 6.52. The van der Waals surface area contributed by atoms with Crippen molar-refractivity contribution in [1.29, 1.82) is 0 Å². The molecule has 11 heteroatoms. The maximum absolute atomic E-state index is 12.9. The topological polar surface area (TPSA) is 108 Å². The Kier molecular flexibility index (Phi) is 9.74. The first-order chi connectivity index (χ1) is 15.7. The minimum atomic E-state index is -1.45. The van der Waals surface area contributed by atoms with Crippen LogP contribution in [0.5, 0.6) is 23.0 Å². The minimum Gasteiger partial charge on any atom is -0.494 e. The van der Waals surface area contributed by atoms with Crippen LogP contribution >= 0.6 is 23.2 Å². The standard InChI is InChI=1S/C22H25Cl2N3O6/c1-6-32-16-10-14(24)15(11-17(16)33-7-2)25-22(29)20(12(3)28)26-27-21-18(30-4)8-13(23)9-19(21)31-5/h8-11,20H,6-7H2,1-5H3,(H,25,29). The highest BCUT2D eigenvalue weighted by Crippen LogP contribution is 2.41. The molecular weight excluding hydrogens is 473 g/mol. The van der Waals surface area contributed by atoms with Crippen LogP contribution in [0.15, 0.2) is 34.5 Å². The fourth-order valence-electron chi connectivity index (χ4n) is 2.76. The van der Waals surface area contributed by atoms with Crippen molar-refractivity contribution in [3.63, 3.8) is 0 Å². The summed E-state index contributed by atoms with van der Waals surface area (Å²) in [7, 11) is 2.84. The van der Waals surface area contributed by atoms with Crippen LogP contribution in [0.1, 0.15) is 20.8 Å². The largest absolute Gasteiger partial charge is 0.494 e. The lowest BCUT2D eigenvalue weighted by atomic mass is 10.2. The van der Waals surface area contributed by atoms with Crippen LogP contribution < -0.4 is 24.3 Å². The number of amides is 1. The van der Waals surface area contributed by atoms with E-state index in [0.29, 0.717) is 29.7 Å². The van der Waals surface area contributed by atoms with Crippen molar-refractivity contribution in [3.8, 4) is 23.0 Å². The first-order valence-corrected chi connectivity index (χ1v) is 10.7. The van der Waals surface area contributed by atoms with Gasteiger partial charge < -0.3 is 24.3 Å². The Morgan fingerprint density at radius 3 is 1.97 bits per heavy atom. The van der Waals surface area contributed by atoms with Gasteiger partial charge in [-0.2, -0.15) is 5.11 Å². The summed E-state index contributed by atoms with van der Waals surface area (Å²) >= 11 is 12.3. The van der Waals surface area contributed by atoms with Crippen molar-refractivity contribution in [2.75, 3.05) is 32.8 Å². The fraction of sp³-hybridized carbons (Fsp3) is 0.364. The quantitative estimate of drug-likeness (QED) is 0.324. The third-order valence-corrected chi connectivity index (χ3v) is 4.77. The van der Waals surface area contributed by atoms with Crippen LogP contribution in [-0.4, -0.2) is 45.2 Å². The molecule has 2 aromatic rings. The molecular formula is C22H25Cl2N3O6. The van der Waals surface area contributed by atoms with Crippen LogP contribution in [0.25, 0.3) is 0 Å². The van der Waals surface area contributed by atoms with Gasteiger partial charge in [0, 0.05) is 29.3 Å². The number of halogens is 2. The van der Waals surface area contributed by atoms with Gasteiger partial charge in [-0.25, -0.2) is 0 Å². The number of ether oxygens (including phenoxy) is 4. The maximum Gasteiger partial charge on any atom is 0.258 e. The molecule has 2 aromatic carbocycles. The molecule has 0 saturated carbocycles. The number of Topliss-reactive ketones (excluding diaryl/α,β-unsaturated/α-hetero) is 1. The van der Waals surface area contributed by atoms with Gasteiger partial charge in [0.1, 0.15) is 0 Å². The van der Waals surface area contributed by atoms with Gasteiger partial charge in [-0.1, -0.05) is 23.2 Å².